The summed E-state index contributed by atoms with van der Waals surface area (Å²) >= 11 is 0. The number of piperazine rings is 1. The third-order valence-corrected chi connectivity index (χ3v) is 7.12. The maximum absolute atomic E-state index is 12.7. The van der Waals surface area contributed by atoms with Gasteiger partial charge in [0.05, 0.1) is 0 Å². The number of pyridine rings is 1. The van der Waals surface area contributed by atoms with Gasteiger partial charge in [0.15, 0.2) is 0 Å². The number of carbonyl (C=O) groups is 2. The molecule has 1 N–H and O–H groups in total. The van der Waals surface area contributed by atoms with Gasteiger partial charge in [-0.05, 0) is 42.7 Å². The molecule has 2 amide bonds. The number of fused-ring (bicyclic) bond motifs is 1. The van der Waals surface area contributed by atoms with Crippen LogP contribution in [-0.2, 0) is 16.1 Å². The third-order valence-electron chi connectivity index (χ3n) is 7.12. The summed E-state index contributed by atoms with van der Waals surface area (Å²) < 4.78 is 1.69. The first-order valence-electron chi connectivity index (χ1n) is 12.6. The summed E-state index contributed by atoms with van der Waals surface area (Å²) in [6, 6.07) is 11.3. The molecular weight excluding hydrogens is 470 g/mol. The Bertz CT molecular complexity index is 1390. The fourth-order valence-electron chi connectivity index (χ4n) is 4.91. The molecule has 2 aliphatic rings. The fourth-order valence-corrected chi connectivity index (χ4v) is 4.91. The number of nitrogens with one attached hydrogen (secondary N) is 1. The Morgan fingerprint density at radius 2 is 1.89 bits per heavy atom. The first-order valence-corrected chi connectivity index (χ1v) is 12.6. The van der Waals surface area contributed by atoms with Crippen LogP contribution in [0.15, 0.2) is 60.0 Å². The van der Waals surface area contributed by atoms with E-state index in [0.717, 1.165) is 36.3 Å². The van der Waals surface area contributed by atoms with E-state index in [1.165, 1.54) is 6.08 Å². The smallest absolute Gasteiger partial charge is 0.252 e. The molecule has 0 bridgehead atoms. The molecule has 3 aromatic rings. The fraction of sp³-hybridized carbons (Fsp3) is 0.370. The zero-order valence-corrected chi connectivity index (χ0v) is 21.0. The van der Waals surface area contributed by atoms with Crippen molar-refractivity contribution in [3.8, 4) is 0 Å². The van der Waals surface area contributed by atoms with Crippen LogP contribution in [0.4, 0.5) is 17.3 Å². The number of benzene rings is 1. The second kappa shape index (κ2) is 10.4. The number of aromatic nitrogens is 3. The topological polar surface area (TPSA) is 104 Å². The molecule has 10 nitrogen and oxygen atoms in total. The Balaban J connectivity index is 1.29. The number of hydrogen-bond donors (Lipinski definition) is 1. The summed E-state index contributed by atoms with van der Waals surface area (Å²) in [5.41, 5.74) is 2.38. The summed E-state index contributed by atoms with van der Waals surface area (Å²) in [6.07, 6.45) is 3.84. The van der Waals surface area contributed by atoms with Crippen molar-refractivity contribution in [2.45, 2.75) is 19.9 Å². The van der Waals surface area contributed by atoms with Gasteiger partial charge in [-0.25, -0.2) is 4.98 Å². The minimum Gasteiger partial charge on any atom is -0.368 e. The lowest BCUT2D eigenvalue weighted by Gasteiger charge is -2.38. The van der Waals surface area contributed by atoms with Crippen LogP contribution < -0.4 is 15.8 Å². The molecule has 0 spiro atoms. The van der Waals surface area contributed by atoms with Gasteiger partial charge in [-0.15, -0.1) is 0 Å². The van der Waals surface area contributed by atoms with E-state index in [2.05, 4.69) is 32.8 Å². The minimum absolute atomic E-state index is 0.0515. The summed E-state index contributed by atoms with van der Waals surface area (Å²) in [5, 5.41) is 4.07. The molecule has 2 aromatic heterocycles. The number of aryl methyl sites for hydroxylation is 1. The minimum atomic E-state index is -0.109. The van der Waals surface area contributed by atoms with E-state index >= 15 is 0 Å². The van der Waals surface area contributed by atoms with Crippen LogP contribution in [0.3, 0.4) is 0 Å². The quantitative estimate of drug-likeness (QED) is 0.495. The normalized spacial score (nSPS) is 16.0. The molecule has 37 heavy (non-hydrogen) atoms. The van der Waals surface area contributed by atoms with Crippen molar-refractivity contribution in [3.05, 3.63) is 65.6 Å². The van der Waals surface area contributed by atoms with Crippen molar-refractivity contribution in [1.29, 1.82) is 0 Å². The van der Waals surface area contributed by atoms with Crippen LogP contribution in [0, 0.1) is 5.92 Å². The van der Waals surface area contributed by atoms with Gasteiger partial charge < -0.3 is 20.0 Å². The molecule has 0 saturated carbocycles. The second-order valence-electron chi connectivity index (χ2n) is 9.57. The molecule has 10 heteroatoms. The zero-order valence-electron chi connectivity index (χ0n) is 21.0. The molecule has 4 heterocycles. The molecule has 0 radical (unpaired) electrons. The monoisotopic (exact) mass is 501 g/mol. The van der Waals surface area contributed by atoms with E-state index in [4.69, 9.17) is 0 Å². The standard InChI is InChI=1S/C27H31N7O3/c1-3-24(36)33-17-20(18-33)9-10-34-25(37)8-7-21-16-28-27(30-26(21)34)29-22-5-4-6-23(15-22)32-13-11-31(12-14-32)19(2)35/h3-8,15-16,20H,1,9-14,17-18H2,2H3,(H,28,29,30). The van der Waals surface area contributed by atoms with Crippen LogP contribution in [0.5, 0.6) is 0 Å². The lowest BCUT2D eigenvalue weighted by Crippen LogP contribution is -2.49. The highest BCUT2D eigenvalue weighted by Crippen LogP contribution is 2.24. The van der Waals surface area contributed by atoms with Crippen LogP contribution in [0.2, 0.25) is 0 Å². The van der Waals surface area contributed by atoms with E-state index in [1.54, 1.807) is 34.7 Å². The average Bonchev–Trinajstić information content (AvgIpc) is 2.88. The molecular formula is C27H31N7O3. The Labute approximate surface area is 215 Å². The Morgan fingerprint density at radius 3 is 2.62 bits per heavy atom. The van der Waals surface area contributed by atoms with Crippen molar-refractivity contribution in [2.24, 2.45) is 5.92 Å². The van der Waals surface area contributed by atoms with E-state index in [-0.39, 0.29) is 17.4 Å². The van der Waals surface area contributed by atoms with Gasteiger partial charge in [0.2, 0.25) is 17.8 Å². The number of carbonyl (C=O) groups excluding carboxylic acids is 2. The van der Waals surface area contributed by atoms with Crippen LogP contribution in [0.25, 0.3) is 11.0 Å². The molecule has 0 unspecified atom stereocenters. The van der Waals surface area contributed by atoms with E-state index in [9.17, 15) is 14.4 Å². The Hall–Kier alpha value is -4.21. The van der Waals surface area contributed by atoms with Crippen molar-refractivity contribution in [1.82, 2.24) is 24.3 Å². The highest BCUT2D eigenvalue weighted by atomic mass is 16.2. The van der Waals surface area contributed by atoms with Gasteiger partial charge in [0, 0.05) is 81.8 Å². The van der Waals surface area contributed by atoms with E-state index in [1.807, 2.05) is 23.1 Å². The molecule has 2 fully saturated rings. The SMILES string of the molecule is C=CC(=O)N1CC(CCn2c(=O)ccc3cnc(Nc4cccc(N5CCN(C(C)=O)CC5)c4)nc32)C1. The second-order valence-corrected chi connectivity index (χ2v) is 9.57. The predicted molar refractivity (Wildman–Crippen MR) is 143 cm³/mol. The summed E-state index contributed by atoms with van der Waals surface area (Å²) in [5.74, 6) is 0.825. The molecule has 0 atom stereocenters. The molecule has 0 aliphatic carbocycles. The van der Waals surface area contributed by atoms with Gasteiger partial charge in [-0.1, -0.05) is 12.6 Å². The predicted octanol–water partition coefficient (Wildman–Crippen LogP) is 2.24. The number of nitrogens with zero attached hydrogens (tertiary/aromatic N) is 6. The largest absolute Gasteiger partial charge is 0.368 e. The van der Waals surface area contributed by atoms with Crippen molar-refractivity contribution in [2.75, 3.05) is 49.5 Å². The van der Waals surface area contributed by atoms with E-state index < -0.39 is 0 Å². The first kappa shape index (κ1) is 24.5. The third kappa shape index (κ3) is 5.32. The number of likely N-dealkylation sites (tertiary alicyclic amines) is 1. The highest BCUT2D eigenvalue weighted by molar-refractivity contribution is 5.87. The Kier molecular flexibility index (Phi) is 6.89. The zero-order chi connectivity index (χ0) is 25.9. The first-order chi connectivity index (χ1) is 17.9. The van der Waals surface area contributed by atoms with Crippen LogP contribution in [-0.4, -0.2) is 75.4 Å². The van der Waals surface area contributed by atoms with Gasteiger partial charge in [0.1, 0.15) is 5.65 Å². The van der Waals surface area contributed by atoms with Crippen molar-refractivity contribution in [3.63, 3.8) is 0 Å². The van der Waals surface area contributed by atoms with Gasteiger partial charge >= 0.3 is 0 Å². The number of hydrogen-bond acceptors (Lipinski definition) is 7. The summed E-state index contributed by atoms with van der Waals surface area (Å²) in [7, 11) is 0. The van der Waals surface area contributed by atoms with Gasteiger partial charge in [-0.2, -0.15) is 4.98 Å². The van der Waals surface area contributed by atoms with Crippen molar-refractivity contribution >= 4 is 40.2 Å². The lowest BCUT2D eigenvalue weighted by atomic mass is 9.96. The molecule has 192 valence electrons. The van der Waals surface area contributed by atoms with Crippen LogP contribution >= 0.6 is 0 Å². The summed E-state index contributed by atoms with van der Waals surface area (Å²) in [4.78, 5) is 51.0. The number of anilines is 3. The molecule has 2 saturated heterocycles. The molecule has 2 aliphatic heterocycles. The summed E-state index contributed by atoms with van der Waals surface area (Å²) in [6.45, 7) is 10.0. The van der Waals surface area contributed by atoms with Crippen LogP contribution in [0.1, 0.15) is 13.3 Å². The molecule has 1 aromatic carbocycles. The van der Waals surface area contributed by atoms with Gasteiger partial charge in [0.25, 0.3) is 5.56 Å². The van der Waals surface area contributed by atoms with Crippen molar-refractivity contribution < 1.29 is 9.59 Å². The maximum atomic E-state index is 12.7. The lowest BCUT2D eigenvalue weighted by molar-refractivity contribution is -0.132. The number of rotatable bonds is 7. The highest BCUT2D eigenvalue weighted by Gasteiger charge is 2.29. The molecule has 5 rings (SSSR count). The van der Waals surface area contributed by atoms with E-state index in [0.29, 0.717) is 50.2 Å². The average molecular weight is 502 g/mol. The van der Waals surface area contributed by atoms with Gasteiger partial charge in [-0.3, -0.25) is 19.0 Å². The number of amides is 2. The maximum Gasteiger partial charge on any atom is 0.252 e. The Morgan fingerprint density at radius 1 is 1.11 bits per heavy atom.